The van der Waals surface area contributed by atoms with E-state index in [9.17, 15) is 0 Å². The van der Waals surface area contributed by atoms with Crippen molar-refractivity contribution in [2.75, 3.05) is 33.4 Å². The first kappa shape index (κ1) is 14.2. The molecule has 17 heavy (non-hydrogen) atoms. The van der Waals surface area contributed by atoms with E-state index in [2.05, 4.69) is 44.0 Å². The predicted molar refractivity (Wildman–Crippen MR) is 70.2 cm³/mol. The molecule has 0 spiro atoms. The summed E-state index contributed by atoms with van der Waals surface area (Å²) in [6.07, 6.45) is 0. The van der Waals surface area contributed by atoms with Crippen LogP contribution < -0.4 is 0 Å². The summed E-state index contributed by atoms with van der Waals surface area (Å²) >= 11 is 0. The predicted octanol–water partition coefficient (Wildman–Crippen LogP) is 1.74. The fraction of sp³-hybridized carbons (Fsp3) is 0.571. The quantitative estimate of drug-likeness (QED) is 0.733. The number of aryl methyl sites for hydroxylation is 2. The summed E-state index contributed by atoms with van der Waals surface area (Å²) in [5, 5.41) is 8.60. The highest BCUT2D eigenvalue weighted by atomic mass is 16.5. The Balaban J connectivity index is 2.42. The molecule has 0 fully saturated rings. The second kappa shape index (κ2) is 7.43. The summed E-state index contributed by atoms with van der Waals surface area (Å²) < 4.78 is 5.26. The summed E-state index contributed by atoms with van der Waals surface area (Å²) in [5.74, 6) is 0. The lowest BCUT2D eigenvalue weighted by molar-refractivity contribution is 0.0772. The number of aliphatic hydroxyl groups is 1. The van der Waals surface area contributed by atoms with Crippen LogP contribution in [0.1, 0.15) is 16.7 Å². The Morgan fingerprint density at radius 3 is 2.41 bits per heavy atom. The molecule has 0 aliphatic carbocycles. The number of ether oxygens (including phenoxy) is 1. The molecule has 0 unspecified atom stereocenters. The normalized spacial score (nSPS) is 11.1. The van der Waals surface area contributed by atoms with Gasteiger partial charge in [-0.05, 0) is 37.6 Å². The second-order valence-corrected chi connectivity index (χ2v) is 4.44. The molecule has 0 amide bonds. The van der Waals surface area contributed by atoms with E-state index >= 15 is 0 Å². The van der Waals surface area contributed by atoms with E-state index in [-0.39, 0.29) is 6.61 Å². The lowest BCUT2D eigenvalue weighted by atomic mass is 10.0. The maximum absolute atomic E-state index is 8.60. The van der Waals surface area contributed by atoms with Crippen molar-refractivity contribution in [3.05, 3.63) is 34.9 Å². The highest BCUT2D eigenvalue weighted by Gasteiger charge is 2.05. The minimum atomic E-state index is 0.0978. The number of hydrogen-bond acceptors (Lipinski definition) is 3. The minimum Gasteiger partial charge on any atom is -0.394 e. The van der Waals surface area contributed by atoms with Gasteiger partial charge in [0.15, 0.2) is 0 Å². The van der Waals surface area contributed by atoms with Crippen molar-refractivity contribution in [1.82, 2.24) is 4.90 Å². The van der Waals surface area contributed by atoms with Crippen LogP contribution in [0, 0.1) is 13.8 Å². The first-order chi connectivity index (χ1) is 8.15. The van der Waals surface area contributed by atoms with Crippen molar-refractivity contribution >= 4 is 0 Å². The Hall–Kier alpha value is -0.900. The zero-order valence-corrected chi connectivity index (χ0v) is 11.1. The topological polar surface area (TPSA) is 32.7 Å². The Kier molecular flexibility index (Phi) is 6.19. The minimum absolute atomic E-state index is 0.0978. The van der Waals surface area contributed by atoms with Gasteiger partial charge in [-0.15, -0.1) is 0 Å². The molecule has 0 saturated carbocycles. The summed E-state index contributed by atoms with van der Waals surface area (Å²) in [5.41, 5.74) is 4.08. The zero-order chi connectivity index (χ0) is 12.7. The van der Waals surface area contributed by atoms with Gasteiger partial charge in [0.2, 0.25) is 0 Å². The van der Waals surface area contributed by atoms with Crippen molar-refractivity contribution < 1.29 is 9.84 Å². The molecule has 96 valence electrons. The number of nitrogens with zero attached hydrogens (tertiary/aromatic N) is 1. The first-order valence-electron chi connectivity index (χ1n) is 6.07. The van der Waals surface area contributed by atoms with Crippen molar-refractivity contribution in [3.63, 3.8) is 0 Å². The van der Waals surface area contributed by atoms with Gasteiger partial charge in [-0.25, -0.2) is 0 Å². The molecular formula is C14H23NO2. The van der Waals surface area contributed by atoms with E-state index in [1.807, 2.05) is 0 Å². The summed E-state index contributed by atoms with van der Waals surface area (Å²) in [7, 11) is 2.09. The third-order valence-corrected chi connectivity index (χ3v) is 2.93. The number of benzene rings is 1. The van der Waals surface area contributed by atoms with E-state index in [1.54, 1.807) is 0 Å². The molecule has 1 aromatic carbocycles. The van der Waals surface area contributed by atoms with Gasteiger partial charge >= 0.3 is 0 Å². The second-order valence-electron chi connectivity index (χ2n) is 4.44. The SMILES string of the molecule is Cc1cccc(C)c1CN(C)CCOCCO. The number of rotatable bonds is 7. The standard InChI is InChI=1S/C14H23NO2/c1-12-5-4-6-13(2)14(12)11-15(3)7-9-17-10-8-16/h4-6,16H,7-11H2,1-3H3. The van der Waals surface area contributed by atoms with E-state index in [4.69, 9.17) is 9.84 Å². The van der Waals surface area contributed by atoms with Crippen molar-refractivity contribution in [1.29, 1.82) is 0 Å². The molecule has 0 aromatic heterocycles. The van der Waals surface area contributed by atoms with Gasteiger partial charge in [-0.3, -0.25) is 4.90 Å². The van der Waals surface area contributed by atoms with E-state index in [0.717, 1.165) is 13.1 Å². The van der Waals surface area contributed by atoms with Crippen LogP contribution in [-0.2, 0) is 11.3 Å². The molecule has 1 rings (SSSR count). The molecule has 3 heteroatoms. The van der Waals surface area contributed by atoms with E-state index in [0.29, 0.717) is 13.2 Å². The van der Waals surface area contributed by atoms with E-state index < -0.39 is 0 Å². The third kappa shape index (κ3) is 4.86. The molecule has 1 N–H and O–H groups in total. The number of aliphatic hydroxyl groups excluding tert-OH is 1. The highest BCUT2D eigenvalue weighted by molar-refractivity contribution is 5.33. The molecule has 0 atom stereocenters. The Morgan fingerprint density at radius 1 is 1.18 bits per heavy atom. The molecule has 0 bridgehead atoms. The van der Waals surface area contributed by atoms with Gasteiger partial charge in [0.05, 0.1) is 19.8 Å². The monoisotopic (exact) mass is 237 g/mol. The van der Waals surface area contributed by atoms with Crippen LogP contribution in [0.25, 0.3) is 0 Å². The van der Waals surface area contributed by atoms with Crippen LogP contribution in [0.2, 0.25) is 0 Å². The van der Waals surface area contributed by atoms with Crippen molar-refractivity contribution in [2.45, 2.75) is 20.4 Å². The molecule has 3 nitrogen and oxygen atoms in total. The van der Waals surface area contributed by atoms with Crippen LogP contribution in [0.4, 0.5) is 0 Å². The summed E-state index contributed by atoms with van der Waals surface area (Å²) in [4.78, 5) is 2.24. The van der Waals surface area contributed by atoms with Gasteiger partial charge in [0, 0.05) is 13.1 Å². The molecule has 0 heterocycles. The smallest absolute Gasteiger partial charge is 0.0698 e. The largest absolute Gasteiger partial charge is 0.394 e. The van der Waals surface area contributed by atoms with Crippen molar-refractivity contribution in [2.24, 2.45) is 0 Å². The fourth-order valence-electron chi connectivity index (χ4n) is 1.83. The Labute approximate surface area is 104 Å². The molecule has 0 aliphatic rings. The molecule has 0 aliphatic heterocycles. The van der Waals surface area contributed by atoms with E-state index in [1.165, 1.54) is 16.7 Å². The third-order valence-electron chi connectivity index (χ3n) is 2.93. The number of hydrogen-bond donors (Lipinski definition) is 1. The van der Waals surface area contributed by atoms with Crippen LogP contribution in [0.3, 0.4) is 0 Å². The number of likely N-dealkylation sites (N-methyl/N-ethyl adjacent to an activating group) is 1. The average Bonchev–Trinajstić information content (AvgIpc) is 2.30. The van der Waals surface area contributed by atoms with Gasteiger partial charge in [0.25, 0.3) is 0 Å². The lowest BCUT2D eigenvalue weighted by Gasteiger charge is -2.19. The maximum Gasteiger partial charge on any atom is 0.0698 e. The molecule has 0 saturated heterocycles. The van der Waals surface area contributed by atoms with Crippen LogP contribution in [-0.4, -0.2) is 43.4 Å². The molecule has 1 aromatic rings. The maximum atomic E-state index is 8.60. The highest BCUT2D eigenvalue weighted by Crippen LogP contribution is 2.14. The fourth-order valence-corrected chi connectivity index (χ4v) is 1.83. The van der Waals surface area contributed by atoms with Crippen LogP contribution >= 0.6 is 0 Å². The van der Waals surface area contributed by atoms with Crippen molar-refractivity contribution in [3.8, 4) is 0 Å². The summed E-state index contributed by atoms with van der Waals surface area (Å²) in [6.45, 7) is 7.32. The van der Waals surface area contributed by atoms with Gasteiger partial charge in [-0.2, -0.15) is 0 Å². The van der Waals surface area contributed by atoms with Gasteiger partial charge in [-0.1, -0.05) is 18.2 Å². The summed E-state index contributed by atoms with van der Waals surface area (Å²) in [6, 6.07) is 6.40. The molecule has 0 radical (unpaired) electrons. The van der Waals surface area contributed by atoms with Gasteiger partial charge < -0.3 is 9.84 Å². The first-order valence-corrected chi connectivity index (χ1v) is 6.07. The molecular weight excluding hydrogens is 214 g/mol. The van der Waals surface area contributed by atoms with Crippen LogP contribution in [0.15, 0.2) is 18.2 Å². The van der Waals surface area contributed by atoms with Crippen LogP contribution in [0.5, 0.6) is 0 Å². The lowest BCUT2D eigenvalue weighted by Crippen LogP contribution is -2.24. The zero-order valence-electron chi connectivity index (χ0n) is 11.1. The Morgan fingerprint density at radius 2 is 1.82 bits per heavy atom. The Bertz CT molecular complexity index is 319. The average molecular weight is 237 g/mol. The van der Waals surface area contributed by atoms with Gasteiger partial charge in [0.1, 0.15) is 0 Å².